The van der Waals surface area contributed by atoms with Crippen LogP contribution in [0.1, 0.15) is 24.6 Å². The molecule has 0 spiro atoms. The number of fused-ring (bicyclic) bond motifs is 1. The monoisotopic (exact) mass is 308 g/mol. The Labute approximate surface area is 127 Å². The van der Waals surface area contributed by atoms with Crippen molar-refractivity contribution < 1.29 is 0 Å². The van der Waals surface area contributed by atoms with Crippen LogP contribution in [0.2, 0.25) is 0 Å². The second-order valence-electron chi connectivity index (χ2n) is 5.24. The van der Waals surface area contributed by atoms with Gasteiger partial charge in [-0.2, -0.15) is 16.7 Å². The van der Waals surface area contributed by atoms with Crippen LogP contribution < -0.4 is 10.6 Å². The molecule has 2 aromatic rings. The third-order valence-corrected chi connectivity index (χ3v) is 6.03. The normalized spacial score (nSPS) is 16.4. The molecule has 0 atom stereocenters. The lowest BCUT2D eigenvalue weighted by Gasteiger charge is -2.14. The van der Waals surface area contributed by atoms with Gasteiger partial charge >= 0.3 is 0 Å². The van der Waals surface area contributed by atoms with E-state index >= 15 is 0 Å². The van der Waals surface area contributed by atoms with Crippen LogP contribution in [-0.2, 0) is 0 Å². The highest BCUT2D eigenvalue weighted by Gasteiger charge is 2.41. The van der Waals surface area contributed by atoms with Crippen LogP contribution >= 0.6 is 23.1 Å². The summed E-state index contributed by atoms with van der Waals surface area (Å²) in [6, 6.07) is 2.18. The number of aryl methyl sites for hydroxylation is 1. The summed E-state index contributed by atoms with van der Waals surface area (Å²) in [6.45, 7) is 6.01. The molecule has 20 heavy (non-hydrogen) atoms. The fourth-order valence-electron chi connectivity index (χ4n) is 2.25. The number of thioether (sulfide) groups is 1. The van der Waals surface area contributed by atoms with Gasteiger partial charge in [-0.15, -0.1) is 11.3 Å². The van der Waals surface area contributed by atoms with Gasteiger partial charge in [-0.3, -0.25) is 0 Å². The van der Waals surface area contributed by atoms with Gasteiger partial charge in [0.25, 0.3) is 0 Å². The third-order valence-electron chi connectivity index (χ3n) is 3.67. The predicted molar refractivity (Wildman–Crippen MR) is 90.3 cm³/mol. The molecular weight excluding hydrogens is 288 g/mol. The van der Waals surface area contributed by atoms with Crippen molar-refractivity contribution in [2.45, 2.75) is 31.4 Å². The van der Waals surface area contributed by atoms with Crippen molar-refractivity contribution in [3.8, 4) is 0 Å². The molecule has 1 fully saturated rings. The molecular formula is C14H20N4S2. The molecule has 0 saturated heterocycles. The largest absolute Gasteiger partial charge is 0.368 e. The molecule has 3 rings (SSSR count). The lowest BCUT2D eigenvalue weighted by molar-refractivity contribution is 0.940. The second kappa shape index (κ2) is 5.41. The topological polar surface area (TPSA) is 49.8 Å². The van der Waals surface area contributed by atoms with E-state index in [-0.39, 0.29) is 0 Å². The first-order valence-electron chi connectivity index (χ1n) is 6.97. The van der Waals surface area contributed by atoms with Gasteiger partial charge in [0.1, 0.15) is 10.6 Å². The van der Waals surface area contributed by atoms with E-state index in [0.717, 1.165) is 35.1 Å². The molecule has 1 aliphatic carbocycles. The molecule has 1 saturated carbocycles. The van der Waals surface area contributed by atoms with Gasteiger partial charge in [0, 0.05) is 22.7 Å². The van der Waals surface area contributed by atoms with Crippen LogP contribution in [0.4, 0.5) is 11.8 Å². The number of thiophene rings is 1. The van der Waals surface area contributed by atoms with Gasteiger partial charge in [0.15, 0.2) is 0 Å². The van der Waals surface area contributed by atoms with Crippen molar-refractivity contribution in [1.82, 2.24) is 9.97 Å². The Morgan fingerprint density at radius 1 is 1.35 bits per heavy atom. The molecule has 2 N–H and O–H groups in total. The van der Waals surface area contributed by atoms with E-state index in [1.165, 1.54) is 17.7 Å². The molecule has 0 amide bonds. The number of anilines is 2. The van der Waals surface area contributed by atoms with E-state index in [4.69, 9.17) is 0 Å². The highest BCUT2D eigenvalue weighted by molar-refractivity contribution is 8.00. The third kappa shape index (κ3) is 2.72. The van der Waals surface area contributed by atoms with Gasteiger partial charge < -0.3 is 10.6 Å². The molecule has 2 heterocycles. The number of nitrogens with zero attached hydrogens (tertiary/aromatic N) is 2. The molecule has 0 bridgehead atoms. The lowest BCUT2D eigenvalue weighted by atomic mass is 10.3. The fraction of sp³-hybridized carbons (Fsp3) is 0.571. The van der Waals surface area contributed by atoms with Gasteiger partial charge in [0.05, 0.1) is 5.39 Å². The summed E-state index contributed by atoms with van der Waals surface area (Å²) in [5.74, 6) is 1.69. The first-order chi connectivity index (χ1) is 9.65. The van der Waals surface area contributed by atoms with E-state index in [1.807, 2.05) is 11.8 Å². The highest BCUT2D eigenvalue weighted by Crippen LogP contribution is 2.47. The minimum absolute atomic E-state index is 0.431. The number of aromatic nitrogens is 2. The summed E-state index contributed by atoms with van der Waals surface area (Å²) in [4.78, 5) is 11.5. The Morgan fingerprint density at radius 3 is 2.80 bits per heavy atom. The van der Waals surface area contributed by atoms with Gasteiger partial charge in [-0.1, -0.05) is 0 Å². The lowest BCUT2D eigenvalue weighted by Crippen LogP contribution is -2.18. The van der Waals surface area contributed by atoms with Crippen LogP contribution in [-0.4, -0.2) is 34.1 Å². The molecule has 0 unspecified atom stereocenters. The van der Waals surface area contributed by atoms with Crippen LogP contribution in [0.15, 0.2) is 6.07 Å². The predicted octanol–water partition coefficient (Wildman–Crippen LogP) is 3.74. The summed E-state index contributed by atoms with van der Waals surface area (Å²) in [5.41, 5.74) is 0. The van der Waals surface area contributed by atoms with Crippen LogP contribution in [0.3, 0.4) is 0 Å². The first-order valence-corrected chi connectivity index (χ1v) is 9.01. The maximum Gasteiger partial charge on any atom is 0.226 e. The maximum absolute atomic E-state index is 4.63. The van der Waals surface area contributed by atoms with Crippen molar-refractivity contribution in [3.63, 3.8) is 0 Å². The maximum atomic E-state index is 4.63. The summed E-state index contributed by atoms with van der Waals surface area (Å²) in [6.07, 6.45) is 4.80. The Morgan fingerprint density at radius 2 is 2.15 bits per heavy atom. The van der Waals surface area contributed by atoms with Crippen molar-refractivity contribution >= 4 is 45.1 Å². The van der Waals surface area contributed by atoms with E-state index in [1.54, 1.807) is 11.3 Å². The van der Waals surface area contributed by atoms with E-state index in [2.05, 4.69) is 46.8 Å². The zero-order valence-corrected chi connectivity index (χ0v) is 13.7. The second-order valence-corrected chi connectivity index (χ2v) is 7.75. The van der Waals surface area contributed by atoms with E-state index in [9.17, 15) is 0 Å². The first kappa shape index (κ1) is 13.9. The Hall–Kier alpha value is -1.01. The van der Waals surface area contributed by atoms with Gasteiger partial charge in [-0.05, 0) is 39.0 Å². The molecule has 108 valence electrons. The fourth-order valence-corrected chi connectivity index (χ4v) is 3.86. The summed E-state index contributed by atoms with van der Waals surface area (Å²) in [5, 5.41) is 7.91. The van der Waals surface area contributed by atoms with Gasteiger partial charge in [-0.25, -0.2) is 4.98 Å². The van der Waals surface area contributed by atoms with Crippen molar-refractivity contribution in [3.05, 3.63) is 10.9 Å². The van der Waals surface area contributed by atoms with Crippen LogP contribution in [0, 0.1) is 6.92 Å². The van der Waals surface area contributed by atoms with Crippen LogP contribution in [0.25, 0.3) is 10.2 Å². The quantitative estimate of drug-likeness (QED) is 0.851. The number of hydrogen-bond donors (Lipinski definition) is 2. The zero-order chi connectivity index (χ0) is 14.2. The Kier molecular flexibility index (Phi) is 3.77. The van der Waals surface area contributed by atoms with Crippen molar-refractivity contribution in [2.24, 2.45) is 0 Å². The molecule has 0 aromatic carbocycles. The summed E-state index contributed by atoms with van der Waals surface area (Å²) >= 11 is 3.69. The van der Waals surface area contributed by atoms with Crippen LogP contribution in [0.5, 0.6) is 0 Å². The average molecular weight is 308 g/mol. The van der Waals surface area contributed by atoms with Crippen molar-refractivity contribution in [1.29, 1.82) is 0 Å². The smallest absolute Gasteiger partial charge is 0.226 e. The molecule has 0 aliphatic heterocycles. The van der Waals surface area contributed by atoms with E-state index < -0.39 is 0 Å². The molecule has 2 aromatic heterocycles. The van der Waals surface area contributed by atoms with Gasteiger partial charge in [0.2, 0.25) is 5.95 Å². The Balaban J connectivity index is 1.90. The number of rotatable bonds is 6. The standard InChI is InChI=1S/C14H20N4S2/c1-4-15-13-17-11(16-8-14(19-3)5-6-14)10-7-9(2)20-12(10)18-13/h7H,4-6,8H2,1-3H3,(H2,15,16,17,18). The SMILES string of the molecule is CCNc1nc(NCC2(SC)CC2)c2cc(C)sc2n1. The molecule has 0 radical (unpaired) electrons. The molecule has 6 heteroatoms. The van der Waals surface area contributed by atoms with E-state index in [0.29, 0.717) is 4.75 Å². The number of hydrogen-bond acceptors (Lipinski definition) is 6. The summed E-state index contributed by atoms with van der Waals surface area (Å²) < 4.78 is 0.431. The van der Waals surface area contributed by atoms with Crippen molar-refractivity contribution in [2.75, 3.05) is 30.0 Å². The zero-order valence-electron chi connectivity index (χ0n) is 12.1. The Bertz CT molecular complexity index is 619. The molecule has 4 nitrogen and oxygen atoms in total. The minimum Gasteiger partial charge on any atom is -0.368 e. The highest BCUT2D eigenvalue weighted by atomic mass is 32.2. The minimum atomic E-state index is 0.431. The average Bonchev–Trinajstić information content (AvgIpc) is 3.11. The molecule has 1 aliphatic rings. The number of nitrogens with one attached hydrogen (secondary N) is 2. The summed E-state index contributed by atoms with van der Waals surface area (Å²) in [7, 11) is 0.